The summed E-state index contributed by atoms with van der Waals surface area (Å²) in [7, 11) is 5.56. The smallest absolute Gasteiger partial charge is 0.340 e. The highest BCUT2D eigenvalue weighted by atomic mass is 16.5. The van der Waals surface area contributed by atoms with Crippen molar-refractivity contribution in [3.05, 3.63) is 39.3 Å². The van der Waals surface area contributed by atoms with Crippen LogP contribution in [0.25, 0.3) is 11.1 Å². The molecule has 0 radical (unpaired) electrons. The standard InChI is InChI=1S/C18H18N2O6/c1-9-14(18(22)26-5)15(11(8-19)17(21)20-9)10-6-12(23-2)16(25-4)13(7-10)24-3/h6-7H,1-5H3,(H,20,21). The third-order valence-electron chi connectivity index (χ3n) is 3.86. The van der Waals surface area contributed by atoms with Gasteiger partial charge < -0.3 is 23.9 Å². The Hall–Kier alpha value is -3.47. The quantitative estimate of drug-likeness (QED) is 0.814. The minimum absolute atomic E-state index is 0.0814. The third-order valence-corrected chi connectivity index (χ3v) is 3.86. The number of hydrogen-bond acceptors (Lipinski definition) is 7. The fraction of sp³-hybridized carbons (Fsp3) is 0.278. The van der Waals surface area contributed by atoms with Crippen molar-refractivity contribution in [2.45, 2.75) is 6.92 Å². The summed E-state index contributed by atoms with van der Waals surface area (Å²) >= 11 is 0. The van der Waals surface area contributed by atoms with E-state index in [1.807, 2.05) is 6.07 Å². The average Bonchev–Trinajstić information content (AvgIpc) is 2.65. The summed E-state index contributed by atoms with van der Waals surface area (Å²) in [5, 5.41) is 9.47. The second-order valence-corrected chi connectivity index (χ2v) is 5.22. The number of aryl methyl sites for hydroxylation is 1. The Labute approximate surface area is 149 Å². The van der Waals surface area contributed by atoms with E-state index >= 15 is 0 Å². The Balaban J connectivity index is 2.98. The molecule has 0 saturated heterocycles. The molecule has 0 spiro atoms. The molecule has 8 heteroatoms. The number of rotatable bonds is 5. The molecule has 0 bridgehead atoms. The molecule has 0 amide bonds. The van der Waals surface area contributed by atoms with Crippen molar-refractivity contribution >= 4 is 5.97 Å². The minimum atomic E-state index is -0.681. The molecule has 2 aromatic rings. The number of nitriles is 1. The van der Waals surface area contributed by atoms with Gasteiger partial charge in [0.1, 0.15) is 11.6 Å². The number of carbonyl (C=O) groups excluding carboxylic acids is 1. The van der Waals surface area contributed by atoms with E-state index < -0.39 is 11.5 Å². The van der Waals surface area contributed by atoms with Gasteiger partial charge in [-0.15, -0.1) is 0 Å². The van der Waals surface area contributed by atoms with Crippen LogP contribution in [0.5, 0.6) is 17.2 Å². The molecular formula is C18H18N2O6. The SMILES string of the molecule is COC(=O)c1c(C)[nH]c(=O)c(C#N)c1-c1cc(OC)c(OC)c(OC)c1. The van der Waals surface area contributed by atoms with Crippen molar-refractivity contribution in [3.63, 3.8) is 0 Å². The number of benzene rings is 1. The number of ether oxygens (including phenoxy) is 4. The Morgan fingerprint density at radius 1 is 1.08 bits per heavy atom. The van der Waals surface area contributed by atoms with Gasteiger partial charge in [0.2, 0.25) is 5.75 Å². The van der Waals surface area contributed by atoms with Gasteiger partial charge in [-0.1, -0.05) is 0 Å². The first-order chi connectivity index (χ1) is 12.4. The number of esters is 1. The van der Waals surface area contributed by atoms with E-state index in [-0.39, 0.29) is 22.4 Å². The zero-order valence-corrected chi connectivity index (χ0v) is 15.1. The molecule has 0 aliphatic rings. The van der Waals surface area contributed by atoms with Gasteiger partial charge >= 0.3 is 5.97 Å². The zero-order chi connectivity index (χ0) is 19.4. The van der Waals surface area contributed by atoms with Crippen LogP contribution in [0, 0.1) is 18.3 Å². The molecule has 0 unspecified atom stereocenters. The number of H-pyrrole nitrogens is 1. The van der Waals surface area contributed by atoms with Gasteiger partial charge in [0, 0.05) is 11.3 Å². The summed E-state index contributed by atoms with van der Waals surface area (Å²) in [4.78, 5) is 27.0. The summed E-state index contributed by atoms with van der Waals surface area (Å²) in [6.07, 6.45) is 0. The first-order valence-electron chi connectivity index (χ1n) is 7.49. The number of pyridine rings is 1. The van der Waals surface area contributed by atoms with Gasteiger partial charge in [-0.3, -0.25) is 4.79 Å². The molecule has 2 rings (SSSR count). The second kappa shape index (κ2) is 7.61. The molecule has 0 atom stereocenters. The lowest BCUT2D eigenvalue weighted by molar-refractivity contribution is 0.0600. The molecule has 1 heterocycles. The number of nitrogens with one attached hydrogen (secondary N) is 1. The van der Waals surface area contributed by atoms with Crippen LogP contribution in [0.2, 0.25) is 0 Å². The number of aromatic amines is 1. The van der Waals surface area contributed by atoms with Crippen LogP contribution in [0.4, 0.5) is 0 Å². The Kier molecular flexibility index (Phi) is 5.52. The van der Waals surface area contributed by atoms with Gasteiger partial charge in [-0.25, -0.2) is 4.79 Å². The summed E-state index contributed by atoms with van der Waals surface area (Å²) in [6.45, 7) is 1.55. The first kappa shape index (κ1) is 18.9. The summed E-state index contributed by atoms with van der Waals surface area (Å²) in [5.41, 5.74) is 0.0553. The van der Waals surface area contributed by atoms with Crippen LogP contribution in [-0.2, 0) is 4.74 Å². The molecule has 1 aromatic carbocycles. The lowest BCUT2D eigenvalue weighted by Gasteiger charge is -2.17. The molecule has 0 saturated carbocycles. The van der Waals surface area contributed by atoms with Crippen molar-refractivity contribution in [2.75, 3.05) is 28.4 Å². The van der Waals surface area contributed by atoms with Crippen LogP contribution in [0.1, 0.15) is 21.6 Å². The predicted molar refractivity (Wildman–Crippen MR) is 92.9 cm³/mol. The number of aromatic nitrogens is 1. The normalized spacial score (nSPS) is 10.0. The molecule has 0 aliphatic heterocycles. The largest absolute Gasteiger partial charge is 0.493 e. The number of carbonyl (C=O) groups is 1. The van der Waals surface area contributed by atoms with E-state index in [4.69, 9.17) is 18.9 Å². The predicted octanol–water partition coefficient (Wildman–Crippen LogP) is 2.03. The summed E-state index contributed by atoms with van der Waals surface area (Å²) in [6, 6.07) is 4.96. The van der Waals surface area contributed by atoms with E-state index in [0.717, 1.165) is 0 Å². The molecule has 26 heavy (non-hydrogen) atoms. The lowest BCUT2D eigenvalue weighted by atomic mass is 9.94. The highest BCUT2D eigenvalue weighted by molar-refractivity contribution is 6.00. The number of methoxy groups -OCH3 is 4. The number of hydrogen-bond donors (Lipinski definition) is 1. The van der Waals surface area contributed by atoms with Crippen LogP contribution in [-0.4, -0.2) is 39.4 Å². The number of nitrogens with zero attached hydrogens (tertiary/aromatic N) is 1. The van der Waals surface area contributed by atoms with Crippen LogP contribution in [0.15, 0.2) is 16.9 Å². The van der Waals surface area contributed by atoms with Gasteiger partial charge in [0.15, 0.2) is 11.5 Å². The lowest BCUT2D eigenvalue weighted by Crippen LogP contribution is -2.19. The maximum atomic E-state index is 12.3. The van der Waals surface area contributed by atoms with Crippen molar-refractivity contribution < 1.29 is 23.7 Å². The van der Waals surface area contributed by atoms with Crippen molar-refractivity contribution in [1.82, 2.24) is 4.98 Å². The summed E-state index contributed by atoms with van der Waals surface area (Å²) < 4.78 is 20.7. The molecule has 1 aromatic heterocycles. The zero-order valence-electron chi connectivity index (χ0n) is 15.1. The Bertz CT molecular complexity index is 930. The van der Waals surface area contributed by atoms with Crippen molar-refractivity contribution in [1.29, 1.82) is 5.26 Å². The minimum Gasteiger partial charge on any atom is -0.493 e. The molecule has 8 nitrogen and oxygen atoms in total. The van der Waals surface area contributed by atoms with E-state index in [1.165, 1.54) is 28.4 Å². The first-order valence-corrected chi connectivity index (χ1v) is 7.49. The third kappa shape index (κ3) is 3.07. The van der Waals surface area contributed by atoms with Crippen molar-refractivity contribution in [2.24, 2.45) is 0 Å². The van der Waals surface area contributed by atoms with Crippen LogP contribution in [0.3, 0.4) is 0 Å². The Morgan fingerprint density at radius 2 is 1.65 bits per heavy atom. The highest BCUT2D eigenvalue weighted by Crippen LogP contribution is 2.42. The van der Waals surface area contributed by atoms with Crippen LogP contribution >= 0.6 is 0 Å². The van der Waals surface area contributed by atoms with Gasteiger partial charge in [-0.2, -0.15) is 5.26 Å². The molecule has 0 fully saturated rings. The second-order valence-electron chi connectivity index (χ2n) is 5.22. The van der Waals surface area contributed by atoms with Crippen molar-refractivity contribution in [3.8, 4) is 34.4 Å². The fourth-order valence-corrected chi connectivity index (χ4v) is 2.70. The Morgan fingerprint density at radius 3 is 2.08 bits per heavy atom. The van der Waals surface area contributed by atoms with E-state index in [9.17, 15) is 14.9 Å². The van der Waals surface area contributed by atoms with E-state index in [1.54, 1.807) is 19.1 Å². The fourth-order valence-electron chi connectivity index (χ4n) is 2.70. The van der Waals surface area contributed by atoms with Gasteiger partial charge in [-0.05, 0) is 24.6 Å². The van der Waals surface area contributed by atoms with E-state index in [2.05, 4.69) is 4.98 Å². The molecule has 136 valence electrons. The topological polar surface area (TPSA) is 111 Å². The maximum Gasteiger partial charge on any atom is 0.340 e. The van der Waals surface area contributed by atoms with E-state index in [0.29, 0.717) is 22.8 Å². The summed E-state index contributed by atoms with van der Waals surface area (Å²) in [5.74, 6) is 0.302. The average molecular weight is 358 g/mol. The molecular weight excluding hydrogens is 340 g/mol. The van der Waals surface area contributed by atoms with Gasteiger partial charge in [0.05, 0.1) is 34.0 Å². The van der Waals surface area contributed by atoms with Gasteiger partial charge in [0.25, 0.3) is 5.56 Å². The maximum absolute atomic E-state index is 12.3. The molecule has 0 aliphatic carbocycles. The monoisotopic (exact) mass is 358 g/mol. The van der Waals surface area contributed by atoms with Crippen LogP contribution < -0.4 is 19.8 Å². The highest BCUT2D eigenvalue weighted by Gasteiger charge is 2.25. The molecule has 1 N–H and O–H groups in total.